The number of rotatable bonds is 5. The zero-order valence-electron chi connectivity index (χ0n) is 14.9. The predicted molar refractivity (Wildman–Crippen MR) is 94.4 cm³/mol. The summed E-state index contributed by atoms with van der Waals surface area (Å²) in [4.78, 5) is 25.2. The van der Waals surface area contributed by atoms with Gasteiger partial charge in [-0.05, 0) is 25.7 Å². The van der Waals surface area contributed by atoms with E-state index < -0.39 is 11.5 Å². The van der Waals surface area contributed by atoms with Crippen molar-refractivity contribution in [3.63, 3.8) is 0 Å². The van der Waals surface area contributed by atoms with Crippen LogP contribution in [0, 0.1) is 5.41 Å². The lowest BCUT2D eigenvalue weighted by Gasteiger charge is -2.45. The molecular weight excluding hydrogens is 320 g/mol. The zero-order chi connectivity index (χ0) is 17.9. The maximum absolute atomic E-state index is 12.5. The van der Waals surface area contributed by atoms with Crippen molar-refractivity contribution in [1.29, 1.82) is 0 Å². The van der Waals surface area contributed by atoms with Crippen LogP contribution in [0.1, 0.15) is 49.5 Å². The third kappa shape index (κ3) is 3.62. The van der Waals surface area contributed by atoms with E-state index in [0.717, 1.165) is 38.8 Å². The summed E-state index contributed by atoms with van der Waals surface area (Å²) in [6, 6.07) is 0. The van der Waals surface area contributed by atoms with Crippen LogP contribution < -0.4 is 4.90 Å². The van der Waals surface area contributed by atoms with Crippen LogP contribution in [0.2, 0.25) is 0 Å². The van der Waals surface area contributed by atoms with Crippen LogP contribution in [-0.4, -0.2) is 69.9 Å². The number of nitrogens with zero attached hydrogens (tertiary/aromatic N) is 4. The molecule has 0 aliphatic carbocycles. The first-order valence-electron chi connectivity index (χ1n) is 9.25. The molecule has 1 amide bonds. The second-order valence-corrected chi connectivity index (χ2v) is 7.26. The lowest BCUT2D eigenvalue weighted by Crippen LogP contribution is -2.54. The second-order valence-electron chi connectivity index (χ2n) is 7.26. The van der Waals surface area contributed by atoms with E-state index in [1.807, 2.05) is 9.80 Å². The van der Waals surface area contributed by atoms with Gasteiger partial charge in [-0.3, -0.25) is 9.78 Å². The van der Waals surface area contributed by atoms with E-state index in [0.29, 0.717) is 31.0 Å². The molecule has 2 N–H and O–H groups in total. The minimum Gasteiger partial charge on any atom is -0.396 e. The van der Waals surface area contributed by atoms with Crippen molar-refractivity contribution in [3.8, 4) is 0 Å². The first kappa shape index (κ1) is 18.1. The van der Waals surface area contributed by atoms with Gasteiger partial charge in [0.1, 0.15) is 11.5 Å². The van der Waals surface area contributed by atoms with E-state index >= 15 is 0 Å². The van der Waals surface area contributed by atoms with Crippen LogP contribution in [0.15, 0.2) is 12.4 Å². The quantitative estimate of drug-likeness (QED) is 0.827. The number of likely N-dealkylation sites (tertiary alicyclic amines) is 1. The van der Waals surface area contributed by atoms with Gasteiger partial charge in [0.2, 0.25) is 0 Å². The highest BCUT2D eigenvalue weighted by Gasteiger charge is 2.42. The van der Waals surface area contributed by atoms with Gasteiger partial charge in [-0.1, -0.05) is 13.3 Å². The fourth-order valence-electron chi connectivity index (χ4n) is 4.02. The highest BCUT2D eigenvalue weighted by molar-refractivity contribution is 5.92. The molecule has 2 saturated heterocycles. The number of amides is 1. The molecule has 0 radical (unpaired) electrons. The normalized spacial score (nSPS) is 26.9. The summed E-state index contributed by atoms with van der Waals surface area (Å²) in [5.74, 6) is 0.580. The van der Waals surface area contributed by atoms with Gasteiger partial charge >= 0.3 is 0 Å². The van der Waals surface area contributed by atoms with Crippen LogP contribution >= 0.6 is 0 Å². The van der Waals surface area contributed by atoms with Gasteiger partial charge < -0.3 is 20.0 Å². The predicted octanol–water partition coefficient (Wildman–Crippen LogP) is 1.06. The van der Waals surface area contributed by atoms with Crippen LogP contribution in [0.3, 0.4) is 0 Å². The van der Waals surface area contributed by atoms with E-state index in [2.05, 4.69) is 16.9 Å². The molecule has 0 saturated carbocycles. The molecule has 1 aromatic heterocycles. The molecule has 2 aliphatic rings. The number of aliphatic hydroxyl groups is 2. The first-order valence-corrected chi connectivity index (χ1v) is 9.25. The lowest BCUT2D eigenvalue weighted by atomic mass is 9.74. The SMILES string of the molecule is CCC[C@@]1(CO)CN(c2cncc(C(=O)N3CCCC3)n2)CC[C@@H]1O. The smallest absolute Gasteiger partial charge is 0.274 e. The van der Waals surface area contributed by atoms with E-state index in [9.17, 15) is 15.0 Å². The highest BCUT2D eigenvalue weighted by atomic mass is 16.3. The van der Waals surface area contributed by atoms with Gasteiger partial charge in [0.25, 0.3) is 5.91 Å². The van der Waals surface area contributed by atoms with Gasteiger partial charge in [-0.2, -0.15) is 0 Å². The fourth-order valence-corrected chi connectivity index (χ4v) is 4.02. The minimum absolute atomic E-state index is 0.0572. The maximum Gasteiger partial charge on any atom is 0.274 e. The second kappa shape index (κ2) is 7.66. The Balaban J connectivity index is 1.79. The monoisotopic (exact) mass is 348 g/mol. The van der Waals surface area contributed by atoms with Crippen molar-refractivity contribution in [3.05, 3.63) is 18.1 Å². The molecule has 0 unspecified atom stereocenters. The number of hydrogen-bond acceptors (Lipinski definition) is 6. The summed E-state index contributed by atoms with van der Waals surface area (Å²) in [7, 11) is 0. The molecule has 3 rings (SSSR count). The molecule has 2 fully saturated rings. The molecule has 0 bridgehead atoms. The summed E-state index contributed by atoms with van der Waals surface area (Å²) in [6.07, 6.45) is 6.97. The highest BCUT2D eigenvalue weighted by Crippen LogP contribution is 2.36. The summed E-state index contributed by atoms with van der Waals surface area (Å²) >= 11 is 0. The third-order valence-electron chi connectivity index (χ3n) is 5.51. The summed E-state index contributed by atoms with van der Waals surface area (Å²) < 4.78 is 0. The topological polar surface area (TPSA) is 89.8 Å². The van der Waals surface area contributed by atoms with E-state index in [-0.39, 0.29) is 12.5 Å². The Bertz CT molecular complexity index is 606. The Kier molecular flexibility index (Phi) is 5.54. The minimum atomic E-state index is -0.538. The molecule has 7 nitrogen and oxygen atoms in total. The van der Waals surface area contributed by atoms with E-state index in [4.69, 9.17) is 0 Å². The van der Waals surface area contributed by atoms with E-state index in [1.54, 1.807) is 6.20 Å². The van der Waals surface area contributed by atoms with Gasteiger partial charge in [0.15, 0.2) is 0 Å². The van der Waals surface area contributed by atoms with Gasteiger partial charge in [-0.25, -0.2) is 4.98 Å². The molecular formula is C18H28N4O3. The molecule has 25 heavy (non-hydrogen) atoms. The van der Waals surface area contributed by atoms with Crippen molar-refractivity contribution < 1.29 is 15.0 Å². The Labute approximate surface area is 148 Å². The Morgan fingerprint density at radius 1 is 1.32 bits per heavy atom. The number of aromatic nitrogens is 2. The van der Waals surface area contributed by atoms with Gasteiger partial charge in [0, 0.05) is 31.6 Å². The van der Waals surface area contributed by atoms with Crippen molar-refractivity contribution in [2.75, 3.05) is 37.7 Å². The molecule has 3 heterocycles. The molecule has 1 aromatic rings. The maximum atomic E-state index is 12.5. The van der Waals surface area contributed by atoms with Gasteiger partial charge in [-0.15, -0.1) is 0 Å². The Hall–Kier alpha value is -1.73. The van der Waals surface area contributed by atoms with Crippen LogP contribution in [0.4, 0.5) is 5.82 Å². The molecule has 2 atom stereocenters. The number of piperidine rings is 1. The number of anilines is 1. The lowest BCUT2D eigenvalue weighted by molar-refractivity contribution is -0.0353. The summed E-state index contributed by atoms with van der Waals surface area (Å²) in [6.45, 7) is 4.73. The first-order chi connectivity index (χ1) is 12.1. The van der Waals surface area contributed by atoms with Crippen LogP contribution in [0.25, 0.3) is 0 Å². The van der Waals surface area contributed by atoms with Crippen LogP contribution in [0.5, 0.6) is 0 Å². The van der Waals surface area contributed by atoms with Gasteiger partial charge in [0.05, 0.1) is 25.1 Å². The number of aliphatic hydroxyl groups excluding tert-OH is 2. The summed E-state index contributed by atoms with van der Waals surface area (Å²) in [5.41, 5.74) is -0.167. The Morgan fingerprint density at radius 3 is 2.76 bits per heavy atom. The fraction of sp³-hybridized carbons (Fsp3) is 0.722. The average molecular weight is 348 g/mol. The molecule has 138 valence electrons. The largest absolute Gasteiger partial charge is 0.396 e. The molecule has 0 aromatic carbocycles. The van der Waals surface area contributed by atoms with Crippen molar-refractivity contribution in [2.24, 2.45) is 5.41 Å². The van der Waals surface area contributed by atoms with Crippen molar-refractivity contribution in [1.82, 2.24) is 14.9 Å². The van der Waals surface area contributed by atoms with Crippen molar-refractivity contribution >= 4 is 11.7 Å². The average Bonchev–Trinajstić information content (AvgIpc) is 3.18. The molecule has 0 spiro atoms. The Morgan fingerprint density at radius 2 is 2.08 bits per heavy atom. The number of carbonyl (C=O) groups excluding carboxylic acids is 1. The number of hydrogen-bond donors (Lipinski definition) is 2. The summed E-state index contributed by atoms with van der Waals surface area (Å²) in [5, 5.41) is 20.3. The standard InChI is InChI=1S/C18H28N4O3/c1-2-6-18(13-23)12-22(9-5-15(18)24)16-11-19-10-14(20-16)17(25)21-7-3-4-8-21/h10-11,15,23-24H,2-9,12-13H2,1H3/t15-,18-/m0/s1. The number of carbonyl (C=O) groups is 1. The third-order valence-corrected chi connectivity index (χ3v) is 5.51. The molecule has 2 aliphatic heterocycles. The zero-order valence-corrected chi connectivity index (χ0v) is 14.9. The van der Waals surface area contributed by atoms with Crippen LogP contribution in [-0.2, 0) is 0 Å². The van der Waals surface area contributed by atoms with E-state index in [1.165, 1.54) is 6.20 Å². The van der Waals surface area contributed by atoms with Crippen molar-refractivity contribution in [2.45, 2.75) is 45.1 Å². The molecule has 7 heteroatoms.